The van der Waals surface area contributed by atoms with Gasteiger partial charge in [-0.05, 0) is 49.3 Å². The van der Waals surface area contributed by atoms with Gasteiger partial charge in [-0.1, -0.05) is 76.0 Å². The van der Waals surface area contributed by atoms with Crippen molar-refractivity contribution in [3.8, 4) is 0 Å². The molecule has 0 radical (unpaired) electrons. The minimum atomic E-state index is -1.99. The molecule has 44 heavy (non-hydrogen) atoms. The van der Waals surface area contributed by atoms with E-state index in [0.29, 0.717) is 37.2 Å². The number of hydrogen-bond donors (Lipinski definition) is 4. The lowest BCUT2D eigenvalue weighted by Gasteiger charge is -2.26. The highest BCUT2D eigenvalue weighted by Crippen LogP contribution is 2.59. The van der Waals surface area contributed by atoms with Gasteiger partial charge in [0.2, 0.25) is 5.78 Å². The number of fused-ring (bicyclic) bond motifs is 2. The second kappa shape index (κ2) is 13.8. The number of aliphatic imine (C=N–C) groups is 1. The van der Waals surface area contributed by atoms with Gasteiger partial charge in [0, 0.05) is 31.1 Å². The molecule has 1 aromatic rings. The van der Waals surface area contributed by atoms with Crippen LogP contribution in [0.25, 0.3) is 0 Å². The predicted octanol–water partition coefficient (Wildman–Crippen LogP) is 3.85. The zero-order valence-corrected chi connectivity index (χ0v) is 26.6. The number of ketones is 2. The summed E-state index contributed by atoms with van der Waals surface area (Å²) < 4.78 is 11.8. The van der Waals surface area contributed by atoms with Crippen LogP contribution in [0.5, 0.6) is 0 Å². The molecule has 2 aliphatic heterocycles. The van der Waals surface area contributed by atoms with E-state index in [4.69, 9.17) is 20.9 Å². The maximum Gasteiger partial charge on any atom is 0.350 e. The smallest absolute Gasteiger partial charge is 0.350 e. The molecule has 1 fully saturated rings. The third kappa shape index (κ3) is 6.45. The van der Waals surface area contributed by atoms with E-state index in [9.17, 15) is 14.4 Å². The van der Waals surface area contributed by atoms with Crippen molar-refractivity contribution >= 4 is 23.5 Å². The van der Waals surface area contributed by atoms with Crippen LogP contribution >= 0.6 is 0 Å². The van der Waals surface area contributed by atoms with Gasteiger partial charge in [-0.15, -0.1) is 0 Å². The number of nitrogens with one attached hydrogen (secondary N) is 2. The van der Waals surface area contributed by atoms with E-state index in [0.717, 1.165) is 36.0 Å². The Kier molecular flexibility index (Phi) is 10.3. The summed E-state index contributed by atoms with van der Waals surface area (Å²) in [4.78, 5) is 46.2. The molecule has 10 nitrogen and oxygen atoms in total. The van der Waals surface area contributed by atoms with Crippen LogP contribution in [0, 0.1) is 5.92 Å². The summed E-state index contributed by atoms with van der Waals surface area (Å²) in [5, 5.41) is 6.29. The molecule has 1 aromatic carbocycles. The zero-order valence-electron chi connectivity index (χ0n) is 26.6. The van der Waals surface area contributed by atoms with Crippen molar-refractivity contribution in [2.45, 2.75) is 89.9 Å². The van der Waals surface area contributed by atoms with Crippen LogP contribution in [0.15, 0.2) is 58.4 Å². The van der Waals surface area contributed by atoms with Crippen molar-refractivity contribution in [3.05, 3.63) is 70.1 Å². The van der Waals surface area contributed by atoms with Crippen LogP contribution in [-0.4, -0.2) is 60.9 Å². The number of unbranched alkanes of at least 4 members (excludes halogenated alkanes) is 3. The van der Waals surface area contributed by atoms with Crippen LogP contribution in [-0.2, 0) is 20.7 Å². The summed E-state index contributed by atoms with van der Waals surface area (Å²) in [5.74, 6) is -0.556. The Morgan fingerprint density at radius 1 is 1.23 bits per heavy atom. The Labute approximate surface area is 260 Å². The first-order valence-electron chi connectivity index (χ1n) is 15.6. The molecule has 0 amide bonds. The number of epoxide rings is 1. The molecule has 2 heterocycles. The lowest BCUT2D eigenvalue weighted by atomic mass is 9.70. The van der Waals surface area contributed by atoms with Crippen LogP contribution in [0.3, 0.4) is 0 Å². The molecular weight excluding hydrogens is 558 g/mol. The number of guanidine groups is 1. The average molecular weight is 606 g/mol. The van der Waals surface area contributed by atoms with Gasteiger partial charge in [-0.2, -0.15) is 0 Å². The molecule has 6 N–H and O–H groups in total. The number of nitrogens with zero attached hydrogens (tertiary/aromatic N) is 1. The molecule has 238 valence electrons. The highest BCUT2D eigenvalue weighted by atomic mass is 16.7. The fraction of sp³-hybridized carbons (Fsp3) is 0.529. The van der Waals surface area contributed by atoms with Crippen molar-refractivity contribution in [1.29, 1.82) is 0 Å². The molecule has 0 aromatic heterocycles. The van der Waals surface area contributed by atoms with E-state index in [2.05, 4.69) is 22.5 Å². The minimum absolute atomic E-state index is 0.0465. The molecule has 1 saturated heterocycles. The zero-order chi connectivity index (χ0) is 32.1. The van der Waals surface area contributed by atoms with Crippen LogP contribution in [0.1, 0.15) is 92.5 Å². The number of ether oxygens (including phenoxy) is 2. The molecule has 4 rings (SSSR count). The number of rotatable bonds is 14. The van der Waals surface area contributed by atoms with E-state index in [1.54, 1.807) is 19.2 Å². The number of Topliss-reactive ketones (excluding diaryl/α,β-unsaturated/α-hetero) is 2. The molecule has 3 aliphatic rings. The summed E-state index contributed by atoms with van der Waals surface area (Å²) in [6.45, 7) is 8.88. The largest absolute Gasteiger partial charge is 0.463 e. The SMILES string of the molecule is CCCCCCOC(=O)C12OC1(CC=C(C)CC(NC(N)=NC)C1=CCNC(N)=C1)C(=O)c1cccc(CC(C)C)c1C2=O. The normalized spacial score (nSPS) is 23.7. The molecule has 0 spiro atoms. The van der Waals surface area contributed by atoms with Gasteiger partial charge in [0.25, 0.3) is 5.60 Å². The summed E-state index contributed by atoms with van der Waals surface area (Å²) in [5.41, 5.74) is 11.6. The van der Waals surface area contributed by atoms with Crippen molar-refractivity contribution in [2.75, 3.05) is 20.2 Å². The second-order valence-electron chi connectivity index (χ2n) is 12.4. The summed E-state index contributed by atoms with van der Waals surface area (Å²) in [7, 11) is 1.60. The number of dihydropyridines is 1. The standard InChI is InChI=1S/C34H47N5O5/c1-6-7-8-9-17-43-31(42)34-30(41)28-24(18-21(2)3)11-10-12-25(28)29(40)33(34,44-34)15-13-22(4)19-26(39-32(36)37-5)23-14-16-38-27(35)20-23/h10-14,20-21,26,38H,6-9,15-19,35H2,1-5H3,(H3,36,37,39). The second-order valence-corrected chi connectivity index (χ2v) is 12.4. The maximum absolute atomic E-state index is 14.3. The topological polar surface area (TPSA) is 161 Å². The van der Waals surface area contributed by atoms with Gasteiger partial charge >= 0.3 is 5.97 Å². The Morgan fingerprint density at radius 2 is 2.00 bits per heavy atom. The van der Waals surface area contributed by atoms with Gasteiger partial charge in [0.05, 0.1) is 18.5 Å². The summed E-state index contributed by atoms with van der Waals surface area (Å²) in [6.07, 6.45) is 10.5. The minimum Gasteiger partial charge on any atom is -0.463 e. The Bertz CT molecular complexity index is 1410. The van der Waals surface area contributed by atoms with Gasteiger partial charge < -0.3 is 31.6 Å². The summed E-state index contributed by atoms with van der Waals surface area (Å²) in [6, 6.07) is 5.06. The van der Waals surface area contributed by atoms with Crippen molar-refractivity contribution in [2.24, 2.45) is 22.4 Å². The van der Waals surface area contributed by atoms with Crippen LogP contribution in [0.2, 0.25) is 0 Å². The number of carbonyl (C=O) groups is 3. The maximum atomic E-state index is 14.3. The van der Waals surface area contributed by atoms with Gasteiger partial charge in [0.15, 0.2) is 17.3 Å². The molecule has 3 atom stereocenters. The third-order valence-corrected chi connectivity index (χ3v) is 8.51. The number of esters is 1. The lowest BCUT2D eigenvalue weighted by Crippen LogP contribution is -2.51. The van der Waals surface area contributed by atoms with Crippen LogP contribution < -0.4 is 22.1 Å². The fourth-order valence-corrected chi connectivity index (χ4v) is 6.14. The number of hydrogen-bond acceptors (Lipinski definition) is 8. The molecule has 0 bridgehead atoms. The predicted molar refractivity (Wildman–Crippen MR) is 171 cm³/mol. The summed E-state index contributed by atoms with van der Waals surface area (Å²) >= 11 is 0. The average Bonchev–Trinajstić information content (AvgIpc) is 3.70. The first-order valence-corrected chi connectivity index (χ1v) is 15.6. The van der Waals surface area contributed by atoms with E-state index >= 15 is 0 Å². The molecular formula is C34H47N5O5. The highest BCUT2D eigenvalue weighted by molar-refractivity contribution is 6.33. The first-order chi connectivity index (χ1) is 21.0. The molecule has 1 aliphatic carbocycles. The number of carbonyl (C=O) groups excluding carboxylic acids is 3. The monoisotopic (exact) mass is 605 g/mol. The molecule has 0 saturated carbocycles. The first kappa shape index (κ1) is 33.0. The van der Waals surface area contributed by atoms with Gasteiger partial charge in [-0.3, -0.25) is 14.6 Å². The highest BCUT2D eigenvalue weighted by Gasteiger charge is 2.85. The lowest BCUT2D eigenvalue weighted by molar-refractivity contribution is -0.148. The molecule has 3 unspecified atom stereocenters. The third-order valence-electron chi connectivity index (χ3n) is 8.51. The fourth-order valence-electron chi connectivity index (χ4n) is 6.14. The van der Waals surface area contributed by atoms with Crippen molar-refractivity contribution in [1.82, 2.24) is 10.6 Å². The number of benzene rings is 1. The Morgan fingerprint density at radius 3 is 2.68 bits per heavy atom. The Hall–Kier alpha value is -3.92. The quantitative estimate of drug-likeness (QED) is 0.0469. The van der Waals surface area contributed by atoms with E-state index in [-0.39, 0.29) is 42.3 Å². The molecule has 10 heteroatoms. The van der Waals surface area contributed by atoms with E-state index in [1.807, 2.05) is 45.1 Å². The van der Waals surface area contributed by atoms with Crippen molar-refractivity contribution < 1.29 is 23.9 Å². The van der Waals surface area contributed by atoms with Crippen molar-refractivity contribution in [3.63, 3.8) is 0 Å². The van der Waals surface area contributed by atoms with E-state index < -0.39 is 23.0 Å². The van der Waals surface area contributed by atoms with Crippen LogP contribution in [0.4, 0.5) is 0 Å². The van der Waals surface area contributed by atoms with E-state index in [1.165, 1.54) is 0 Å². The van der Waals surface area contributed by atoms with Gasteiger partial charge in [-0.25, -0.2) is 4.79 Å². The van der Waals surface area contributed by atoms with Gasteiger partial charge in [0.1, 0.15) is 0 Å². The Balaban J connectivity index is 1.65. The number of nitrogens with two attached hydrogens (primary N) is 2.